The average Bonchev–Trinajstić information content (AvgIpc) is 2.22. The van der Waals surface area contributed by atoms with E-state index in [-0.39, 0.29) is 17.0 Å². The third kappa shape index (κ3) is 3.14. The van der Waals surface area contributed by atoms with Gasteiger partial charge >= 0.3 is 0 Å². The molecule has 0 fully saturated rings. The van der Waals surface area contributed by atoms with E-state index in [0.717, 1.165) is 12.0 Å². The molecule has 0 heterocycles. The standard InChI is InChI=1S/C13H16BrFO/c1-4-13(2,3)12(16)7-9-5-6-10(15)8-11(9)14/h5-6,8H,4,7H2,1-3H3. The molecule has 0 amide bonds. The van der Waals surface area contributed by atoms with Crippen LogP contribution in [0.25, 0.3) is 0 Å². The zero-order valence-electron chi connectivity index (χ0n) is 9.81. The summed E-state index contributed by atoms with van der Waals surface area (Å²) in [4.78, 5) is 12.0. The number of carbonyl (C=O) groups is 1. The molecule has 16 heavy (non-hydrogen) atoms. The van der Waals surface area contributed by atoms with E-state index >= 15 is 0 Å². The SMILES string of the molecule is CCC(C)(C)C(=O)Cc1ccc(F)cc1Br. The number of ketones is 1. The van der Waals surface area contributed by atoms with Crippen molar-refractivity contribution in [3.8, 4) is 0 Å². The van der Waals surface area contributed by atoms with Crippen molar-refractivity contribution in [3.05, 3.63) is 34.1 Å². The fourth-order valence-corrected chi connectivity index (χ4v) is 1.77. The van der Waals surface area contributed by atoms with E-state index < -0.39 is 0 Å². The minimum absolute atomic E-state index is 0.183. The van der Waals surface area contributed by atoms with Crippen LogP contribution in [0, 0.1) is 11.2 Å². The third-order valence-electron chi connectivity index (χ3n) is 3.00. The summed E-state index contributed by atoms with van der Waals surface area (Å²) in [5, 5.41) is 0. The first-order valence-corrected chi connectivity index (χ1v) is 6.13. The Morgan fingerprint density at radius 2 is 2.06 bits per heavy atom. The van der Waals surface area contributed by atoms with Crippen molar-refractivity contribution in [2.45, 2.75) is 33.6 Å². The second-order valence-corrected chi connectivity index (χ2v) is 5.43. The number of halogens is 2. The monoisotopic (exact) mass is 286 g/mol. The lowest BCUT2D eigenvalue weighted by Crippen LogP contribution is -2.25. The van der Waals surface area contributed by atoms with E-state index in [1.54, 1.807) is 6.07 Å². The summed E-state index contributed by atoms with van der Waals surface area (Å²) >= 11 is 3.27. The molecular formula is C13H16BrFO. The van der Waals surface area contributed by atoms with E-state index in [9.17, 15) is 9.18 Å². The maximum Gasteiger partial charge on any atom is 0.142 e. The van der Waals surface area contributed by atoms with Crippen LogP contribution in [-0.4, -0.2) is 5.78 Å². The Bertz CT molecular complexity index is 399. The third-order valence-corrected chi connectivity index (χ3v) is 3.74. The zero-order valence-corrected chi connectivity index (χ0v) is 11.4. The molecule has 0 atom stereocenters. The molecule has 1 rings (SSSR count). The molecule has 0 spiro atoms. The molecule has 0 aliphatic rings. The lowest BCUT2D eigenvalue weighted by Gasteiger charge is -2.21. The highest BCUT2D eigenvalue weighted by molar-refractivity contribution is 9.10. The molecule has 1 aromatic rings. The summed E-state index contributed by atoms with van der Waals surface area (Å²) < 4.78 is 13.5. The zero-order chi connectivity index (χ0) is 12.3. The number of benzene rings is 1. The first kappa shape index (κ1) is 13.4. The van der Waals surface area contributed by atoms with Gasteiger partial charge in [0.2, 0.25) is 0 Å². The quantitative estimate of drug-likeness (QED) is 0.813. The molecule has 0 radical (unpaired) electrons. The van der Waals surface area contributed by atoms with Crippen molar-refractivity contribution in [1.29, 1.82) is 0 Å². The largest absolute Gasteiger partial charge is 0.299 e. The van der Waals surface area contributed by atoms with Gasteiger partial charge < -0.3 is 0 Å². The van der Waals surface area contributed by atoms with Crippen LogP contribution in [0.15, 0.2) is 22.7 Å². The van der Waals surface area contributed by atoms with Gasteiger partial charge in [-0.2, -0.15) is 0 Å². The van der Waals surface area contributed by atoms with Crippen molar-refractivity contribution in [3.63, 3.8) is 0 Å². The molecule has 1 aromatic carbocycles. The fourth-order valence-electron chi connectivity index (χ4n) is 1.27. The topological polar surface area (TPSA) is 17.1 Å². The van der Waals surface area contributed by atoms with Crippen LogP contribution in [0.5, 0.6) is 0 Å². The number of rotatable bonds is 4. The second-order valence-electron chi connectivity index (χ2n) is 4.57. The van der Waals surface area contributed by atoms with Gasteiger partial charge in [-0.15, -0.1) is 0 Å². The minimum atomic E-state index is -0.312. The summed E-state index contributed by atoms with van der Waals surface area (Å²) in [6.07, 6.45) is 1.16. The lowest BCUT2D eigenvalue weighted by molar-refractivity contribution is -0.126. The number of hydrogen-bond acceptors (Lipinski definition) is 1. The summed E-state index contributed by atoms with van der Waals surface area (Å²) in [5.74, 6) is -0.111. The van der Waals surface area contributed by atoms with Crippen molar-refractivity contribution < 1.29 is 9.18 Å². The summed E-state index contributed by atoms with van der Waals surface area (Å²) in [6, 6.07) is 4.43. The second kappa shape index (κ2) is 5.09. The normalized spacial score (nSPS) is 11.6. The van der Waals surface area contributed by atoms with E-state index in [0.29, 0.717) is 10.9 Å². The Balaban J connectivity index is 2.85. The Kier molecular flexibility index (Phi) is 4.25. The molecule has 0 saturated carbocycles. The molecule has 0 unspecified atom stereocenters. The maximum atomic E-state index is 12.9. The van der Waals surface area contributed by atoms with Crippen molar-refractivity contribution in [2.75, 3.05) is 0 Å². The van der Waals surface area contributed by atoms with Gasteiger partial charge in [-0.1, -0.05) is 42.8 Å². The molecule has 88 valence electrons. The molecule has 3 heteroatoms. The highest BCUT2D eigenvalue weighted by Crippen LogP contribution is 2.26. The van der Waals surface area contributed by atoms with Crippen LogP contribution in [0.4, 0.5) is 4.39 Å². The van der Waals surface area contributed by atoms with Crippen LogP contribution in [0.2, 0.25) is 0 Å². The van der Waals surface area contributed by atoms with Gasteiger partial charge in [0.25, 0.3) is 0 Å². The van der Waals surface area contributed by atoms with E-state index in [1.807, 2.05) is 20.8 Å². The molecule has 0 aromatic heterocycles. The Morgan fingerprint density at radius 3 is 2.56 bits per heavy atom. The minimum Gasteiger partial charge on any atom is -0.299 e. The summed E-state index contributed by atoms with van der Waals surface area (Å²) in [7, 11) is 0. The Hall–Kier alpha value is -0.700. The molecule has 0 aliphatic carbocycles. The molecule has 0 saturated heterocycles. The average molecular weight is 287 g/mol. The van der Waals surface area contributed by atoms with Crippen LogP contribution in [0.1, 0.15) is 32.8 Å². The van der Waals surface area contributed by atoms with Gasteiger partial charge in [0, 0.05) is 16.3 Å². The summed E-state index contributed by atoms with van der Waals surface area (Å²) in [6.45, 7) is 5.87. The molecule has 0 aliphatic heterocycles. The first-order valence-electron chi connectivity index (χ1n) is 5.34. The smallest absolute Gasteiger partial charge is 0.142 e. The van der Waals surface area contributed by atoms with E-state index in [1.165, 1.54) is 12.1 Å². The van der Waals surface area contributed by atoms with Gasteiger partial charge in [0.1, 0.15) is 11.6 Å². The van der Waals surface area contributed by atoms with E-state index in [2.05, 4.69) is 15.9 Å². The van der Waals surface area contributed by atoms with Crippen molar-refractivity contribution in [1.82, 2.24) is 0 Å². The van der Waals surface area contributed by atoms with Gasteiger partial charge in [-0.3, -0.25) is 4.79 Å². The summed E-state index contributed by atoms with van der Waals surface area (Å²) in [5.41, 5.74) is 0.529. The predicted octanol–water partition coefficient (Wildman–Crippen LogP) is 4.14. The molecule has 0 bridgehead atoms. The number of hydrogen-bond donors (Lipinski definition) is 0. The maximum absolute atomic E-state index is 12.9. The van der Waals surface area contributed by atoms with Crippen LogP contribution < -0.4 is 0 Å². The molecular weight excluding hydrogens is 271 g/mol. The van der Waals surface area contributed by atoms with Crippen molar-refractivity contribution >= 4 is 21.7 Å². The van der Waals surface area contributed by atoms with Crippen molar-refractivity contribution in [2.24, 2.45) is 5.41 Å². The molecule has 0 N–H and O–H groups in total. The number of Topliss-reactive ketones (excluding diaryl/α,β-unsaturated/α-hetero) is 1. The Morgan fingerprint density at radius 1 is 1.44 bits per heavy atom. The first-order chi connectivity index (χ1) is 7.36. The van der Waals surface area contributed by atoms with Gasteiger partial charge in [-0.05, 0) is 24.1 Å². The van der Waals surface area contributed by atoms with Gasteiger partial charge in [0.15, 0.2) is 0 Å². The van der Waals surface area contributed by atoms with Crippen LogP contribution in [0.3, 0.4) is 0 Å². The fraction of sp³-hybridized carbons (Fsp3) is 0.462. The van der Waals surface area contributed by atoms with Crippen LogP contribution >= 0.6 is 15.9 Å². The van der Waals surface area contributed by atoms with Gasteiger partial charge in [0.05, 0.1) is 0 Å². The van der Waals surface area contributed by atoms with E-state index in [4.69, 9.17) is 0 Å². The Labute approximate surface area is 104 Å². The number of carbonyl (C=O) groups excluding carboxylic acids is 1. The lowest BCUT2D eigenvalue weighted by atomic mass is 9.82. The molecule has 1 nitrogen and oxygen atoms in total. The van der Waals surface area contributed by atoms with Gasteiger partial charge in [-0.25, -0.2) is 4.39 Å². The predicted molar refractivity (Wildman–Crippen MR) is 66.9 cm³/mol. The highest BCUT2D eigenvalue weighted by atomic mass is 79.9. The highest BCUT2D eigenvalue weighted by Gasteiger charge is 2.25. The van der Waals surface area contributed by atoms with Crippen LogP contribution in [-0.2, 0) is 11.2 Å².